The molecule has 5 heteroatoms. The summed E-state index contributed by atoms with van der Waals surface area (Å²) in [6.07, 6.45) is 0. The average molecular weight is 285 g/mol. The molecule has 21 heavy (non-hydrogen) atoms. The standard InChI is InChI=1S/C16H19N3O2/c1-11-7-12(2)18-15(8-11)19-16(20)10-21-14-6-4-3-5-13(14)9-17/h3-8H,9-10,17H2,1-2H3,(H,18,19,20). The number of benzene rings is 1. The van der Waals surface area contributed by atoms with Gasteiger partial charge in [-0.3, -0.25) is 4.79 Å². The normalized spacial score (nSPS) is 10.2. The van der Waals surface area contributed by atoms with Crippen LogP contribution in [0.2, 0.25) is 0 Å². The van der Waals surface area contributed by atoms with E-state index in [2.05, 4.69) is 10.3 Å². The summed E-state index contributed by atoms with van der Waals surface area (Å²) in [5.74, 6) is 0.913. The van der Waals surface area contributed by atoms with Crippen molar-refractivity contribution in [2.45, 2.75) is 20.4 Å². The van der Waals surface area contributed by atoms with Gasteiger partial charge in [0.15, 0.2) is 6.61 Å². The molecule has 0 saturated heterocycles. The molecule has 0 unspecified atom stereocenters. The maximum atomic E-state index is 11.9. The van der Waals surface area contributed by atoms with Crippen molar-refractivity contribution in [1.82, 2.24) is 4.98 Å². The van der Waals surface area contributed by atoms with E-state index in [0.717, 1.165) is 16.8 Å². The van der Waals surface area contributed by atoms with Crippen LogP contribution < -0.4 is 15.8 Å². The number of rotatable bonds is 5. The van der Waals surface area contributed by atoms with E-state index in [1.54, 1.807) is 6.07 Å². The first-order chi connectivity index (χ1) is 10.1. The Morgan fingerprint density at radius 2 is 2.05 bits per heavy atom. The number of nitrogens with two attached hydrogens (primary N) is 1. The lowest BCUT2D eigenvalue weighted by Crippen LogP contribution is -2.21. The van der Waals surface area contributed by atoms with Gasteiger partial charge in [-0.2, -0.15) is 0 Å². The zero-order chi connectivity index (χ0) is 15.2. The van der Waals surface area contributed by atoms with Crippen LogP contribution in [0.25, 0.3) is 0 Å². The van der Waals surface area contributed by atoms with Gasteiger partial charge in [-0.05, 0) is 37.6 Å². The van der Waals surface area contributed by atoms with Gasteiger partial charge < -0.3 is 15.8 Å². The second-order valence-electron chi connectivity index (χ2n) is 4.82. The molecule has 0 saturated carbocycles. The predicted octanol–water partition coefficient (Wildman–Crippen LogP) is 2.17. The van der Waals surface area contributed by atoms with Crippen LogP contribution in [-0.2, 0) is 11.3 Å². The predicted molar refractivity (Wildman–Crippen MR) is 82.2 cm³/mol. The van der Waals surface area contributed by atoms with Gasteiger partial charge in [0, 0.05) is 17.8 Å². The Bertz CT molecular complexity index is 621. The first-order valence-corrected chi connectivity index (χ1v) is 6.74. The molecule has 0 spiro atoms. The SMILES string of the molecule is Cc1cc(C)nc(NC(=O)COc2ccccc2CN)c1. The minimum Gasteiger partial charge on any atom is -0.483 e. The summed E-state index contributed by atoms with van der Waals surface area (Å²) in [4.78, 5) is 16.2. The van der Waals surface area contributed by atoms with E-state index in [-0.39, 0.29) is 12.5 Å². The van der Waals surface area contributed by atoms with E-state index >= 15 is 0 Å². The number of para-hydroxylation sites is 1. The van der Waals surface area contributed by atoms with Crippen molar-refractivity contribution in [3.05, 3.63) is 53.2 Å². The van der Waals surface area contributed by atoms with Crippen LogP contribution in [-0.4, -0.2) is 17.5 Å². The summed E-state index contributed by atoms with van der Waals surface area (Å²) < 4.78 is 5.50. The molecular formula is C16H19N3O2. The summed E-state index contributed by atoms with van der Waals surface area (Å²) in [6.45, 7) is 4.14. The lowest BCUT2D eigenvalue weighted by Gasteiger charge is -2.10. The summed E-state index contributed by atoms with van der Waals surface area (Å²) in [7, 11) is 0. The number of aryl methyl sites for hydroxylation is 2. The van der Waals surface area contributed by atoms with Crippen molar-refractivity contribution in [3.63, 3.8) is 0 Å². The third-order valence-electron chi connectivity index (χ3n) is 2.92. The van der Waals surface area contributed by atoms with E-state index < -0.39 is 0 Å². The molecule has 3 N–H and O–H groups in total. The van der Waals surface area contributed by atoms with Crippen LogP contribution in [0.4, 0.5) is 5.82 Å². The number of hydrogen-bond donors (Lipinski definition) is 2. The second-order valence-corrected chi connectivity index (χ2v) is 4.82. The van der Waals surface area contributed by atoms with Gasteiger partial charge in [0.05, 0.1) is 0 Å². The Kier molecular flexibility index (Phi) is 4.90. The van der Waals surface area contributed by atoms with Gasteiger partial charge in [-0.25, -0.2) is 4.98 Å². The molecule has 2 rings (SSSR count). The van der Waals surface area contributed by atoms with Gasteiger partial charge in [0.1, 0.15) is 11.6 Å². The number of carbonyl (C=O) groups is 1. The second kappa shape index (κ2) is 6.85. The Balaban J connectivity index is 1.96. The molecule has 0 aliphatic rings. The Hall–Kier alpha value is -2.40. The number of hydrogen-bond acceptors (Lipinski definition) is 4. The van der Waals surface area contributed by atoms with Crippen LogP contribution in [0.5, 0.6) is 5.75 Å². The molecule has 0 fully saturated rings. The Morgan fingerprint density at radius 1 is 1.29 bits per heavy atom. The Morgan fingerprint density at radius 3 is 2.76 bits per heavy atom. The molecule has 0 bridgehead atoms. The number of nitrogens with one attached hydrogen (secondary N) is 1. The highest BCUT2D eigenvalue weighted by molar-refractivity contribution is 5.91. The number of aromatic nitrogens is 1. The monoisotopic (exact) mass is 285 g/mol. The van der Waals surface area contributed by atoms with Gasteiger partial charge >= 0.3 is 0 Å². The van der Waals surface area contributed by atoms with Crippen LogP contribution in [0.15, 0.2) is 36.4 Å². The van der Waals surface area contributed by atoms with E-state index in [9.17, 15) is 4.79 Å². The number of carbonyl (C=O) groups excluding carboxylic acids is 1. The van der Waals surface area contributed by atoms with E-state index in [4.69, 9.17) is 10.5 Å². The van der Waals surface area contributed by atoms with E-state index in [1.807, 2.05) is 44.2 Å². The molecule has 1 heterocycles. The van der Waals surface area contributed by atoms with Crippen molar-refractivity contribution in [3.8, 4) is 5.75 Å². The summed E-state index contributed by atoms with van der Waals surface area (Å²) >= 11 is 0. The van der Waals surface area contributed by atoms with Crippen LogP contribution in [0.1, 0.15) is 16.8 Å². The molecule has 0 atom stereocenters. The van der Waals surface area contributed by atoms with Gasteiger partial charge in [-0.1, -0.05) is 18.2 Å². The Labute approximate surface area is 124 Å². The van der Waals surface area contributed by atoms with Gasteiger partial charge in [0.2, 0.25) is 0 Å². The molecule has 0 radical (unpaired) electrons. The molecule has 110 valence electrons. The molecule has 1 aromatic carbocycles. The highest BCUT2D eigenvalue weighted by atomic mass is 16.5. The molecule has 1 amide bonds. The number of anilines is 1. The minimum absolute atomic E-state index is 0.0777. The van der Waals surface area contributed by atoms with Crippen molar-refractivity contribution in [2.24, 2.45) is 5.73 Å². The maximum Gasteiger partial charge on any atom is 0.263 e. The lowest BCUT2D eigenvalue weighted by molar-refractivity contribution is -0.118. The average Bonchev–Trinajstić information content (AvgIpc) is 2.44. The topological polar surface area (TPSA) is 77.2 Å². The molecule has 0 aliphatic heterocycles. The quantitative estimate of drug-likeness (QED) is 0.882. The zero-order valence-electron chi connectivity index (χ0n) is 12.2. The van der Waals surface area contributed by atoms with Gasteiger partial charge in [-0.15, -0.1) is 0 Å². The first-order valence-electron chi connectivity index (χ1n) is 6.74. The molecule has 1 aromatic heterocycles. The molecular weight excluding hydrogens is 266 g/mol. The van der Waals surface area contributed by atoms with Crippen molar-refractivity contribution in [1.29, 1.82) is 0 Å². The maximum absolute atomic E-state index is 11.9. The molecule has 2 aromatic rings. The molecule has 5 nitrogen and oxygen atoms in total. The zero-order valence-corrected chi connectivity index (χ0v) is 12.2. The number of nitrogens with zero attached hydrogens (tertiary/aromatic N) is 1. The van der Waals surface area contributed by atoms with Crippen LogP contribution in [0, 0.1) is 13.8 Å². The van der Waals surface area contributed by atoms with Gasteiger partial charge in [0.25, 0.3) is 5.91 Å². The van der Waals surface area contributed by atoms with Crippen molar-refractivity contribution < 1.29 is 9.53 Å². The first kappa shape index (κ1) is 15.0. The highest BCUT2D eigenvalue weighted by Crippen LogP contribution is 2.17. The lowest BCUT2D eigenvalue weighted by atomic mass is 10.2. The summed E-state index contributed by atoms with van der Waals surface area (Å²) in [5.41, 5.74) is 8.40. The third-order valence-corrected chi connectivity index (χ3v) is 2.92. The summed E-state index contributed by atoms with van der Waals surface area (Å²) in [6, 6.07) is 11.2. The van der Waals surface area contributed by atoms with E-state index in [1.165, 1.54) is 0 Å². The molecule has 0 aliphatic carbocycles. The smallest absolute Gasteiger partial charge is 0.263 e. The number of pyridine rings is 1. The van der Waals surface area contributed by atoms with Crippen molar-refractivity contribution in [2.75, 3.05) is 11.9 Å². The van der Waals surface area contributed by atoms with Crippen molar-refractivity contribution >= 4 is 11.7 Å². The van der Waals surface area contributed by atoms with Crippen LogP contribution in [0.3, 0.4) is 0 Å². The number of ether oxygens (including phenoxy) is 1. The van der Waals surface area contributed by atoms with E-state index in [0.29, 0.717) is 18.1 Å². The van der Waals surface area contributed by atoms with Crippen LogP contribution >= 0.6 is 0 Å². The number of amides is 1. The fraction of sp³-hybridized carbons (Fsp3) is 0.250. The fourth-order valence-corrected chi connectivity index (χ4v) is 2.04. The highest BCUT2D eigenvalue weighted by Gasteiger charge is 2.07. The third kappa shape index (κ3) is 4.29. The largest absolute Gasteiger partial charge is 0.483 e. The summed E-state index contributed by atoms with van der Waals surface area (Å²) in [5, 5.41) is 2.73. The fourth-order valence-electron chi connectivity index (χ4n) is 2.04. The minimum atomic E-state index is -0.251.